The van der Waals surface area contributed by atoms with Gasteiger partial charge in [0.2, 0.25) is 0 Å². The van der Waals surface area contributed by atoms with Crippen LogP contribution in [0.3, 0.4) is 0 Å². The Morgan fingerprint density at radius 1 is 1.22 bits per heavy atom. The quantitative estimate of drug-likeness (QED) is 0.668. The van der Waals surface area contributed by atoms with Crippen molar-refractivity contribution in [1.82, 2.24) is 5.32 Å². The van der Waals surface area contributed by atoms with Gasteiger partial charge in [0.15, 0.2) is 0 Å². The predicted octanol–water partition coefficient (Wildman–Crippen LogP) is 5.25. The van der Waals surface area contributed by atoms with Crippen LogP contribution in [0.25, 0.3) is 0 Å². The van der Waals surface area contributed by atoms with Gasteiger partial charge in [0.25, 0.3) is 0 Å². The summed E-state index contributed by atoms with van der Waals surface area (Å²) >= 11 is 1.66. The molecule has 0 spiro atoms. The molecule has 0 atom stereocenters. The van der Waals surface area contributed by atoms with E-state index in [1.54, 1.807) is 11.3 Å². The van der Waals surface area contributed by atoms with Gasteiger partial charge in [-0.25, -0.2) is 9.59 Å². The van der Waals surface area contributed by atoms with E-state index in [1.165, 1.54) is 18.4 Å². The molecule has 1 aromatic heterocycles. The van der Waals surface area contributed by atoms with Crippen molar-refractivity contribution in [3.05, 3.63) is 21.4 Å². The third-order valence-corrected chi connectivity index (χ3v) is 6.28. The lowest BCUT2D eigenvalue weighted by atomic mass is 9.83. The first kappa shape index (κ1) is 21.7. The van der Waals surface area contributed by atoms with Crippen LogP contribution in [-0.2, 0) is 15.9 Å². The van der Waals surface area contributed by atoms with Gasteiger partial charge in [0.05, 0.1) is 12.7 Å². The molecule has 0 bridgehead atoms. The molecule has 0 unspecified atom stereocenters. The van der Waals surface area contributed by atoms with Crippen LogP contribution in [-0.4, -0.2) is 30.8 Å². The van der Waals surface area contributed by atoms with Crippen molar-refractivity contribution in [2.75, 3.05) is 7.11 Å². The minimum Gasteiger partial charge on any atom is -0.465 e. The number of nitrogens with one attached hydrogen (secondary N) is 1. The molecule has 1 aliphatic carbocycles. The zero-order valence-electron chi connectivity index (χ0n) is 17.2. The first-order valence-corrected chi connectivity index (χ1v) is 10.7. The van der Waals surface area contributed by atoms with E-state index in [2.05, 4.69) is 5.32 Å². The fourth-order valence-corrected chi connectivity index (χ4v) is 4.72. The van der Waals surface area contributed by atoms with Gasteiger partial charge in [-0.15, -0.1) is 11.3 Å². The van der Waals surface area contributed by atoms with E-state index in [0.29, 0.717) is 5.56 Å². The SMILES string of the molecule is COC(=O)c1csc(CCC[C@H]2CC[C@H](NC(=O)OC(C)(C)C)CC2)c1C. The number of thiophene rings is 1. The number of ether oxygens (including phenoxy) is 2. The number of methoxy groups -OCH3 is 1. The highest BCUT2D eigenvalue weighted by atomic mass is 32.1. The first-order chi connectivity index (χ1) is 12.7. The normalized spacial score (nSPS) is 20.2. The monoisotopic (exact) mass is 395 g/mol. The minimum absolute atomic E-state index is 0.234. The number of aryl methyl sites for hydroxylation is 1. The Kier molecular flexibility index (Phi) is 7.71. The minimum atomic E-state index is -0.449. The van der Waals surface area contributed by atoms with Crippen molar-refractivity contribution < 1.29 is 19.1 Å². The van der Waals surface area contributed by atoms with E-state index in [4.69, 9.17) is 9.47 Å². The highest BCUT2D eigenvalue weighted by molar-refractivity contribution is 7.10. The van der Waals surface area contributed by atoms with Gasteiger partial charge in [0.1, 0.15) is 5.60 Å². The maximum Gasteiger partial charge on any atom is 0.407 e. The second kappa shape index (κ2) is 9.58. The molecule has 27 heavy (non-hydrogen) atoms. The fraction of sp³-hybridized carbons (Fsp3) is 0.714. The average molecular weight is 396 g/mol. The van der Waals surface area contributed by atoms with Crippen molar-refractivity contribution in [2.45, 2.75) is 84.3 Å². The van der Waals surface area contributed by atoms with Crippen LogP contribution < -0.4 is 5.32 Å². The van der Waals surface area contributed by atoms with Crippen LogP contribution in [0.1, 0.15) is 80.1 Å². The van der Waals surface area contributed by atoms with E-state index >= 15 is 0 Å². The second-order valence-electron chi connectivity index (χ2n) is 8.45. The number of rotatable bonds is 6. The Morgan fingerprint density at radius 2 is 1.89 bits per heavy atom. The van der Waals surface area contributed by atoms with E-state index in [-0.39, 0.29) is 18.1 Å². The zero-order valence-corrected chi connectivity index (χ0v) is 18.0. The van der Waals surface area contributed by atoms with Crippen LogP contribution >= 0.6 is 11.3 Å². The van der Waals surface area contributed by atoms with Crippen molar-refractivity contribution >= 4 is 23.4 Å². The highest BCUT2D eigenvalue weighted by Gasteiger charge is 2.24. The largest absolute Gasteiger partial charge is 0.465 e. The molecule has 1 saturated carbocycles. The molecule has 1 aliphatic rings. The lowest BCUT2D eigenvalue weighted by Crippen LogP contribution is -2.40. The molecular formula is C21H33NO4S. The van der Waals surface area contributed by atoms with Crippen LogP contribution in [0.15, 0.2) is 5.38 Å². The number of alkyl carbamates (subject to hydrolysis) is 1. The van der Waals surface area contributed by atoms with E-state index in [9.17, 15) is 9.59 Å². The van der Waals surface area contributed by atoms with Crippen LogP contribution in [0.4, 0.5) is 4.79 Å². The summed E-state index contributed by atoms with van der Waals surface area (Å²) in [4.78, 5) is 24.9. The molecule has 0 aliphatic heterocycles. The molecule has 0 aromatic carbocycles. The second-order valence-corrected chi connectivity index (χ2v) is 9.41. The number of hydrogen-bond donors (Lipinski definition) is 1. The van der Waals surface area contributed by atoms with Crippen LogP contribution in [0.5, 0.6) is 0 Å². The molecule has 0 saturated heterocycles. The van der Waals surface area contributed by atoms with Gasteiger partial charge in [-0.3, -0.25) is 0 Å². The third kappa shape index (κ3) is 6.83. The van der Waals surface area contributed by atoms with Crippen LogP contribution in [0.2, 0.25) is 0 Å². The number of carbonyl (C=O) groups is 2. The van der Waals surface area contributed by atoms with Gasteiger partial charge in [-0.1, -0.05) is 6.42 Å². The highest BCUT2D eigenvalue weighted by Crippen LogP contribution is 2.30. The summed E-state index contributed by atoms with van der Waals surface area (Å²) in [5.74, 6) is 0.479. The molecule has 152 valence electrons. The molecule has 1 aromatic rings. The molecule has 1 fully saturated rings. The van der Waals surface area contributed by atoms with Crippen LogP contribution in [0, 0.1) is 12.8 Å². The Labute approximate surface area is 166 Å². The standard InChI is InChI=1S/C21H33NO4S/c1-14-17(19(23)25-5)13-27-18(14)8-6-7-15-9-11-16(12-10-15)22-20(24)26-21(2,3)4/h13,15-16H,6-12H2,1-5H3,(H,22,24)/t15-,16-. The van der Waals surface area contributed by atoms with Gasteiger partial charge >= 0.3 is 12.1 Å². The number of hydrogen-bond acceptors (Lipinski definition) is 5. The van der Waals surface area contributed by atoms with Gasteiger partial charge in [-0.05, 0) is 77.7 Å². The van der Waals surface area contributed by atoms with Gasteiger partial charge in [0, 0.05) is 16.3 Å². The summed E-state index contributed by atoms with van der Waals surface area (Å²) < 4.78 is 10.2. The summed E-state index contributed by atoms with van der Waals surface area (Å²) in [5, 5.41) is 4.91. The van der Waals surface area contributed by atoms with Gasteiger partial charge in [-0.2, -0.15) is 0 Å². The van der Waals surface area contributed by atoms with Crippen molar-refractivity contribution in [2.24, 2.45) is 5.92 Å². The summed E-state index contributed by atoms with van der Waals surface area (Å²) in [6.07, 6.45) is 7.39. The van der Waals surface area contributed by atoms with Crippen molar-refractivity contribution in [1.29, 1.82) is 0 Å². The molecule has 0 radical (unpaired) electrons. The maximum absolute atomic E-state index is 11.9. The Morgan fingerprint density at radius 3 is 2.48 bits per heavy atom. The molecule has 1 amide bonds. The van der Waals surface area contributed by atoms with E-state index in [1.807, 2.05) is 33.1 Å². The summed E-state index contributed by atoms with van der Waals surface area (Å²) in [7, 11) is 1.42. The molecule has 1 N–H and O–H groups in total. The zero-order chi connectivity index (χ0) is 20.0. The fourth-order valence-electron chi connectivity index (χ4n) is 3.64. The lowest BCUT2D eigenvalue weighted by Gasteiger charge is -2.30. The molecule has 2 rings (SSSR count). The van der Waals surface area contributed by atoms with Crippen molar-refractivity contribution in [3.8, 4) is 0 Å². The lowest BCUT2D eigenvalue weighted by molar-refractivity contribution is 0.0485. The number of amides is 1. The smallest absolute Gasteiger partial charge is 0.407 e. The molecule has 5 nitrogen and oxygen atoms in total. The van der Waals surface area contributed by atoms with E-state index < -0.39 is 5.60 Å². The first-order valence-electron chi connectivity index (χ1n) is 9.84. The third-order valence-electron chi connectivity index (χ3n) is 5.13. The van der Waals surface area contributed by atoms with Gasteiger partial charge < -0.3 is 14.8 Å². The summed E-state index contributed by atoms with van der Waals surface area (Å²) in [6.45, 7) is 7.65. The number of carbonyl (C=O) groups excluding carboxylic acids is 2. The molecule has 1 heterocycles. The van der Waals surface area contributed by atoms with Crippen molar-refractivity contribution in [3.63, 3.8) is 0 Å². The Hall–Kier alpha value is -1.56. The predicted molar refractivity (Wildman–Crippen MR) is 108 cm³/mol. The maximum atomic E-state index is 11.9. The van der Waals surface area contributed by atoms with E-state index in [0.717, 1.165) is 50.0 Å². The molecular weight excluding hydrogens is 362 g/mol. The Bertz CT molecular complexity index is 639. The average Bonchev–Trinajstić information content (AvgIpc) is 2.95. The molecule has 6 heteroatoms. The summed E-state index contributed by atoms with van der Waals surface area (Å²) in [6, 6.07) is 0.234. The number of esters is 1. The summed E-state index contributed by atoms with van der Waals surface area (Å²) in [5.41, 5.74) is 1.32. The Balaban J connectivity index is 1.69. The topological polar surface area (TPSA) is 64.6 Å².